The van der Waals surface area contributed by atoms with Gasteiger partial charge in [0.1, 0.15) is 0 Å². The number of nitrogens with two attached hydrogens (primary N) is 1. The van der Waals surface area contributed by atoms with Crippen molar-refractivity contribution in [3.63, 3.8) is 0 Å². The first-order valence-electron chi connectivity index (χ1n) is 4.34. The number of halogens is 2. The van der Waals surface area contributed by atoms with Gasteiger partial charge in [0.15, 0.2) is 0 Å². The molecule has 0 saturated heterocycles. The molecule has 0 aliphatic rings. The van der Waals surface area contributed by atoms with Gasteiger partial charge in [0.05, 0.1) is 22.6 Å². The maximum absolute atomic E-state index is 6.05. The topological polar surface area (TPSA) is 38.9 Å². The summed E-state index contributed by atoms with van der Waals surface area (Å²) in [5.74, 6) is 0. The number of benzene rings is 1. The Morgan fingerprint density at radius 3 is 2.47 bits per heavy atom. The van der Waals surface area contributed by atoms with Gasteiger partial charge in [-0.3, -0.25) is 4.98 Å². The van der Waals surface area contributed by atoms with Crippen LogP contribution >= 0.6 is 23.2 Å². The van der Waals surface area contributed by atoms with Crippen LogP contribution in [0, 0.1) is 0 Å². The summed E-state index contributed by atoms with van der Waals surface area (Å²) >= 11 is 11.9. The summed E-state index contributed by atoms with van der Waals surface area (Å²) in [5, 5.41) is 1.19. The Balaban J connectivity index is 2.49. The fourth-order valence-electron chi connectivity index (χ4n) is 1.26. The maximum Gasteiger partial charge on any atom is 0.0718 e. The molecule has 1 heterocycles. The molecule has 2 rings (SSSR count). The zero-order chi connectivity index (χ0) is 10.8. The van der Waals surface area contributed by atoms with E-state index in [0.29, 0.717) is 15.7 Å². The fourth-order valence-corrected chi connectivity index (χ4v) is 1.77. The van der Waals surface area contributed by atoms with Gasteiger partial charge < -0.3 is 5.73 Å². The van der Waals surface area contributed by atoms with E-state index in [4.69, 9.17) is 28.9 Å². The molecule has 0 aliphatic carbocycles. The van der Waals surface area contributed by atoms with Crippen molar-refractivity contribution in [3.8, 4) is 11.3 Å². The minimum atomic E-state index is 0.583. The Labute approximate surface area is 97.7 Å². The van der Waals surface area contributed by atoms with E-state index in [9.17, 15) is 0 Å². The molecule has 0 spiro atoms. The van der Waals surface area contributed by atoms with Crippen molar-refractivity contribution in [2.24, 2.45) is 0 Å². The number of pyridine rings is 1. The second kappa shape index (κ2) is 4.09. The molecule has 0 fully saturated rings. The molecular weight excluding hydrogens is 231 g/mol. The lowest BCUT2D eigenvalue weighted by Crippen LogP contribution is -1.88. The quantitative estimate of drug-likeness (QED) is 0.825. The predicted molar refractivity (Wildman–Crippen MR) is 64.1 cm³/mol. The van der Waals surface area contributed by atoms with E-state index in [1.165, 1.54) is 0 Å². The van der Waals surface area contributed by atoms with Gasteiger partial charge in [-0.05, 0) is 30.3 Å². The zero-order valence-corrected chi connectivity index (χ0v) is 9.26. The van der Waals surface area contributed by atoms with Crippen molar-refractivity contribution in [1.29, 1.82) is 0 Å². The molecule has 15 heavy (non-hydrogen) atoms. The Kier molecular flexibility index (Phi) is 2.80. The Morgan fingerprint density at radius 1 is 1.07 bits per heavy atom. The number of hydrogen-bond donors (Lipinski definition) is 1. The molecular formula is C11H8Cl2N2. The first kappa shape index (κ1) is 10.3. The standard InChI is InChI=1S/C11H8Cl2N2/c12-7-1-3-9(10(13)5-7)11-4-2-8(14)6-15-11/h1-6H,14H2. The smallest absolute Gasteiger partial charge is 0.0718 e. The van der Waals surface area contributed by atoms with E-state index in [2.05, 4.69) is 4.98 Å². The normalized spacial score (nSPS) is 10.3. The molecule has 0 bridgehead atoms. The summed E-state index contributed by atoms with van der Waals surface area (Å²) in [6, 6.07) is 8.91. The van der Waals surface area contributed by atoms with E-state index < -0.39 is 0 Å². The number of aromatic nitrogens is 1. The summed E-state index contributed by atoms with van der Waals surface area (Å²) in [5.41, 5.74) is 7.81. The van der Waals surface area contributed by atoms with Gasteiger partial charge in [0, 0.05) is 10.6 Å². The van der Waals surface area contributed by atoms with Crippen LogP contribution in [-0.4, -0.2) is 4.98 Å². The largest absolute Gasteiger partial charge is 0.397 e. The SMILES string of the molecule is Nc1ccc(-c2ccc(Cl)cc2Cl)nc1. The third-order valence-electron chi connectivity index (χ3n) is 1.99. The van der Waals surface area contributed by atoms with Crippen molar-refractivity contribution in [1.82, 2.24) is 4.98 Å². The van der Waals surface area contributed by atoms with Crippen LogP contribution in [0.4, 0.5) is 5.69 Å². The van der Waals surface area contributed by atoms with Crippen LogP contribution in [0.3, 0.4) is 0 Å². The highest BCUT2D eigenvalue weighted by Gasteiger charge is 2.04. The van der Waals surface area contributed by atoms with E-state index in [-0.39, 0.29) is 0 Å². The number of nitrogens with zero attached hydrogens (tertiary/aromatic N) is 1. The predicted octanol–water partition coefficient (Wildman–Crippen LogP) is 3.64. The number of nitrogen functional groups attached to an aromatic ring is 1. The van der Waals surface area contributed by atoms with Crippen molar-refractivity contribution in [2.45, 2.75) is 0 Å². The van der Waals surface area contributed by atoms with Crippen LogP contribution in [0.5, 0.6) is 0 Å². The minimum Gasteiger partial charge on any atom is -0.397 e. The minimum absolute atomic E-state index is 0.583. The average Bonchev–Trinajstić information content (AvgIpc) is 2.20. The third-order valence-corrected chi connectivity index (χ3v) is 2.54. The summed E-state index contributed by atoms with van der Waals surface area (Å²) in [6.45, 7) is 0. The maximum atomic E-state index is 6.05. The van der Waals surface area contributed by atoms with Crippen LogP contribution in [0.2, 0.25) is 10.0 Å². The lowest BCUT2D eigenvalue weighted by Gasteiger charge is -2.04. The molecule has 0 atom stereocenters. The molecule has 0 saturated carbocycles. The summed E-state index contributed by atoms with van der Waals surface area (Å²) < 4.78 is 0. The van der Waals surface area contributed by atoms with Gasteiger partial charge in [0.2, 0.25) is 0 Å². The van der Waals surface area contributed by atoms with Crippen LogP contribution in [0.15, 0.2) is 36.5 Å². The summed E-state index contributed by atoms with van der Waals surface area (Å²) in [4.78, 5) is 4.19. The zero-order valence-electron chi connectivity index (χ0n) is 7.74. The van der Waals surface area contributed by atoms with Gasteiger partial charge in [-0.1, -0.05) is 23.2 Å². The average molecular weight is 239 g/mol. The van der Waals surface area contributed by atoms with Crippen LogP contribution in [0.1, 0.15) is 0 Å². The second-order valence-corrected chi connectivity index (χ2v) is 3.94. The highest BCUT2D eigenvalue weighted by Crippen LogP contribution is 2.29. The van der Waals surface area contributed by atoms with E-state index >= 15 is 0 Å². The Hall–Kier alpha value is -1.25. The Morgan fingerprint density at radius 2 is 1.87 bits per heavy atom. The van der Waals surface area contributed by atoms with Crippen molar-refractivity contribution < 1.29 is 0 Å². The molecule has 1 aromatic heterocycles. The van der Waals surface area contributed by atoms with Gasteiger partial charge in [-0.15, -0.1) is 0 Å². The molecule has 0 radical (unpaired) electrons. The van der Waals surface area contributed by atoms with Crippen molar-refractivity contribution in [2.75, 3.05) is 5.73 Å². The van der Waals surface area contributed by atoms with Crippen LogP contribution in [-0.2, 0) is 0 Å². The second-order valence-electron chi connectivity index (χ2n) is 3.10. The molecule has 0 unspecified atom stereocenters. The van der Waals surface area contributed by atoms with Crippen molar-refractivity contribution in [3.05, 3.63) is 46.6 Å². The van der Waals surface area contributed by atoms with Gasteiger partial charge >= 0.3 is 0 Å². The molecule has 0 amide bonds. The third kappa shape index (κ3) is 2.22. The monoisotopic (exact) mass is 238 g/mol. The summed E-state index contributed by atoms with van der Waals surface area (Å²) in [7, 11) is 0. The molecule has 1 aromatic carbocycles. The van der Waals surface area contributed by atoms with Crippen LogP contribution in [0.25, 0.3) is 11.3 Å². The molecule has 76 valence electrons. The summed E-state index contributed by atoms with van der Waals surface area (Å²) in [6.07, 6.45) is 1.60. The van der Waals surface area contributed by atoms with Gasteiger partial charge in [-0.2, -0.15) is 0 Å². The van der Waals surface area contributed by atoms with Gasteiger partial charge in [0.25, 0.3) is 0 Å². The lowest BCUT2D eigenvalue weighted by molar-refractivity contribution is 1.33. The van der Waals surface area contributed by atoms with E-state index in [0.717, 1.165) is 11.3 Å². The molecule has 2 aromatic rings. The van der Waals surface area contributed by atoms with E-state index in [1.807, 2.05) is 12.1 Å². The van der Waals surface area contributed by atoms with Crippen molar-refractivity contribution >= 4 is 28.9 Å². The first-order chi connectivity index (χ1) is 7.16. The van der Waals surface area contributed by atoms with Gasteiger partial charge in [-0.25, -0.2) is 0 Å². The van der Waals surface area contributed by atoms with E-state index in [1.54, 1.807) is 24.4 Å². The first-order valence-corrected chi connectivity index (χ1v) is 5.09. The lowest BCUT2D eigenvalue weighted by atomic mass is 10.1. The number of anilines is 1. The highest BCUT2D eigenvalue weighted by molar-refractivity contribution is 6.36. The fraction of sp³-hybridized carbons (Fsp3) is 0. The number of rotatable bonds is 1. The Bertz CT molecular complexity index is 480. The number of hydrogen-bond acceptors (Lipinski definition) is 2. The molecule has 2 N–H and O–H groups in total. The van der Waals surface area contributed by atoms with Crippen LogP contribution < -0.4 is 5.73 Å². The molecule has 4 heteroatoms. The highest BCUT2D eigenvalue weighted by atomic mass is 35.5. The molecule has 2 nitrogen and oxygen atoms in total. The molecule has 0 aliphatic heterocycles.